The molecule has 1 N–H and O–H groups in total. The largest absolute Gasteiger partial charge is 0.352 e. The van der Waals surface area contributed by atoms with Gasteiger partial charge in [-0.3, -0.25) is 4.79 Å². The molecular weight excluding hydrogens is 338 g/mol. The minimum Gasteiger partial charge on any atom is -0.352 e. The van der Waals surface area contributed by atoms with E-state index in [-0.39, 0.29) is 11.3 Å². The Morgan fingerprint density at radius 1 is 1.14 bits per heavy atom. The molecule has 2 unspecified atom stereocenters. The molecule has 1 aromatic carbocycles. The first kappa shape index (κ1) is 14.7. The van der Waals surface area contributed by atoms with Crippen LogP contribution in [-0.4, -0.2) is 10.2 Å². The van der Waals surface area contributed by atoms with Crippen LogP contribution in [0, 0.1) is 17.3 Å². The average Bonchev–Trinajstić information content (AvgIpc) is 2.43. The number of rotatable bonds is 4. The van der Waals surface area contributed by atoms with Gasteiger partial charge in [-0.15, -0.1) is 0 Å². The molecule has 0 saturated heterocycles. The Bertz CT molecular complexity index is 556. The van der Waals surface area contributed by atoms with E-state index >= 15 is 0 Å². The molecule has 0 radical (unpaired) electrons. The van der Waals surface area contributed by atoms with E-state index in [1.54, 1.807) is 0 Å². The molecule has 3 heteroatoms. The van der Waals surface area contributed by atoms with Crippen molar-refractivity contribution in [3.63, 3.8) is 0 Å². The van der Waals surface area contributed by atoms with Gasteiger partial charge in [0.2, 0.25) is 5.91 Å². The molecule has 0 aromatic heterocycles. The van der Waals surface area contributed by atoms with Gasteiger partial charge in [0.25, 0.3) is 0 Å². The lowest BCUT2D eigenvalue weighted by atomic mass is 9.48. The summed E-state index contributed by atoms with van der Waals surface area (Å²) in [4.78, 5) is 12.5. The third-order valence-corrected chi connectivity index (χ3v) is 6.91. The third kappa shape index (κ3) is 2.84. The van der Waals surface area contributed by atoms with E-state index in [0.29, 0.717) is 10.9 Å². The van der Waals surface area contributed by atoms with Gasteiger partial charge in [-0.05, 0) is 61.3 Å². The Labute approximate surface area is 141 Å². The fraction of sp³-hybridized carbons (Fsp3) is 0.632. The van der Waals surface area contributed by atoms with E-state index in [9.17, 15) is 4.79 Å². The number of carbonyl (C=O) groups excluding carboxylic acids is 1. The Hall–Kier alpha value is -0.830. The predicted molar refractivity (Wildman–Crippen MR) is 91.7 cm³/mol. The molecule has 1 amide bonds. The molecule has 4 bridgehead atoms. The van der Waals surface area contributed by atoms with Crippen molar-refractivity contribution < 1.29 is 4.79 Å². The second kappa shape index (κ2) is 5.36. The van der Waals surface area contributed by atoms with Crippen molar-refractivity contribution in [2.45, 2.75) is 55.8 Å². The number of alkyl halides is 1. The van der Waals surface area contributed by atoms with Gasteiger partial charge >= 0.3 is 0 Å². The number of amides is 1. The number of carbonyl (C=O) groups is 1. The highest BCUT2D eigenvalue weighted by atomic mass is 79.9. The van der Waals surface area contributed by atoms with Crippen LogP contribution in [0.2, 0.25) is 0 Å². The van der Waals surface area contributed by atoms with Crippen molar-refractivity contribution in [2.75, 3.05) is 0 Å². The number of benzene rings is 1. The molecule has 0 aliphatic heterocycles. The van der Waals surface area contributed by atoms with Gasteiger partial charge in [0.15, 0.2) is 0 Å². The van der Waals surface area contributed by atoms with Crippen LogP contribution >= 0.6 is 15.9 Å². The molecule has 4 atom stereocenters. The van der Waals surface area contributed by atoms with E-state index in [0.717, 1.165) is 18.3 Å². The highest BCUT2D eigenvalue weighted by molar-refractivity contribution is 9.10. The molecule has 0 heterocycles. The van der Waals surface area contributed by atoms with Crippen molar-refractivity contribution in [2.24, 2.45) is 17.3 Å². The van der Waals surface area contributed by atoms with Crippen LogP contribution in [0.15, 0.2) is 30.3 Å². The first-order chi connectivity index (χ1) is 10.5. The van der Waals surface area contributed by atoms with Crippen molar-refractivity contribution in [3.8, 4) is 0 Å². The monoisotopic (exact) mass is 361 g/mol. The van der Waals surface area contributed by atoms with Crippen molar-refractivity contribution >= 4 is 21.8 Å². The van der Waals surface area contributed by atoms with Gasteiger partial charge in [-0.1, -0.05) is 46.3 Å². The van der Waals surface area contributed by atoms with Crippen molar-refractivity contribution in [1.82, 2.24) is 5.32 Å². The minimum absolute atomic E-state index is 0.238. The van der Waals surface area contributed by atoms with E-state index in [1.807, 2.05) is 18.2 Å². The van der Waals surface area contributed by atoms with E-state index in [4.69, 9.17) is 0 Å². The maximum Gasteiger partial charge on any atom is 0.220 e. The summed E-state index contributed by atoms with van der Waals surface area (Å²) in [5.74, 6) is 1.94. The molecule has 22 heavy (non-hydrogen) atoms. The van der Waals surface area contributed by atoms with E-state index in [1.165, 1.54) is 44.1 Å². The Balaban J connectivity index is 1.39. The first-order valence-electron chi connectivity index (χ1n) is 8.54. The molecule has 2 nitrogen and oxygen atoms in total. The van der Waals surface area contributed by atoms with Crippen LogP contribution in [0.1, 0.15) is 50.5 Å². The Morgan fingerprint density at radius 2 is 1.82 bits per heavy atom. The van der Waals surface area contributed by atoms with Crippen LogP contribution < -0.4 is 5.32 Å². The standard InChI is InChI=1S/C19H24BrNO/c20-19-9-15-6-16(10-19)8-18(7-15,13-19)11-17(22)21-12-14-4-2-1-3-5-14/h1-5,15-16H,6-13H2,(H,21,22)/t15-,16+,18?,19?. The lowest BCUT2D eigenvalue weighted by Crippen LogP contribution is -2.54. The normalized spacial score (nSPS) is 39.0. The molecule has 5 rings (SSSR count). The summed E-state index contributed by atoms with van der Waals surface area (Å²) in [6.07, 6.45) is 8.53. The fourth-order valence-electron chi connectivity index (χ4n) is 5.74. The minimum atomic E-state index is 0.238. The third-order valence-electron chi connectivity index (χ3n) is 5.98. The summed E-state index contributed by atoms with van der Waals surface area (Å²) in [6.45, 7) is 0.655. The van der Waals surface area contributed by atoms with E-state index in [2.05, 4.69) is 33.4 Å². The van der Waals surface area contributed by atoms with Gasteiger partial charge in [0.1, 0.15) is 0 Å². The molecule has 4 saturated carbocycles. The summed E-state index contributed by atoms with van der Waals surface area (Å²) < 4.78 is 0.344. The second-order valence-electron chi connectivity index (χ2n) is 8.05. The molecule has 1 aromatic rings. The lowest BCUT2D eigenvalue weighted by Gasteiger charge is -2.60. The Kier molecular flexibility index (Phi) is 3.60. The molecule has 4 aliphatic rings. The molecule has 118 valence electrons. The topological polar surface area (TPSA) is 29.1 Å². The molecule has 0 spiro atoms. The maximum atomic E-state index is 12.5. The quantitative estimate of drug-likeness (QED) is 0.789. The summed E-state index contributed by atoms with van der Waals surface area (Å²) in [7, 11) is 0. The molecule has 4 aliphatic carbocycles. The number of halogens is 1. The van der Waals surface area contributed by atoms with Crippen LogP contribution in [0.4, 0.5) is 0 Å². The van der Waals surface area contributed by atoms with E-state index < -0.39 is 0 Å². The maximum absolute atomic E-state index is 12.5. The Morgan fingerprint density at radius 3 is 2.45 bits per heavy atom. The summed E-state index contributed by atoms with van der Waals surface area (Å²) in [5.41, 5.74) is 1.45. The van der Waals surface area contributed by atoms with Gasteiger partial charge in [0.05, 0.1) is 0 Å². The van der Waals surface area contributed by atoms with Gasteiger partial charge in [-0.2, -0.15) is 0 Å². The predicted octanol–water partition coefficient (Wildman–Crippen LogP) is 4.43. The van der Waals surface area contributed by atoms with Gasteiger partial charge in [-0.25, -0.2) is 0 Å². The summed E-state index contributed by atoms with van der Waals surface area (Å²) in [5, 5.41) is 3.13. The van der Waals surface area contributed by atoms with Crippen LogP contribution in [0.25, 0.3) is 0 Å². The second-order valence-corrected chi connectivity index (χ2v) is 9.73. The van der Waals surface area contributed by atoms with Gasteiger partial charge in [0, 0.05) is 17.3 Å². The SMILES string of the molecule is O=C(CC12C[C@@H]3C[C@@H](CC(Br)(C3)C1)C2)NCc1ccccc1. The summed E-state index contributed by atoms with van der Waals surface area (Å²) >= 11 is 4.03. The first-order valence-corrected chi connectivity index (χ1v) is 9.33. The zero-order valence-electron chi connectivity index (χ0n) is 13.0. The lowest BCUT2D eigenvalue weighted by molar-refractivity contribution is -0.128. The average molecular weight is 362 g/mol. The highest BCUT2D eigenvalue weighted by Gasteiger charge is 2.57. The molecular formula is C19H24BrNO. The number of nitrogens with one attached hydrogen (secondary N) is 1. The van der Waals surface area contributed by atoms with Gasteiger partial charge < -0.3 is 5.32 Å². The smallest absolute Gasteiger partial charge is 0.220 e. The number of hydrogen-bond donors (Lipinski definition) is 1. The zero-order valence-corrected chi connectivity index (χ0v) is 14.6. The van der Waals surface area contributed by atoms with Crippen molar-refractivity contribution in [1.29, 1.82) is 0 Å². The molecule has 4 fully saturated rings. The van der Waals surface area contributed by atoms with Crippen LogP contribution in [0.5, 0.6) is 0 Å². The van der Waals surface area contributed by atoms with Crippen LogP contribution in [0.3, 0.4) is 0 Å². The van der Waals surface area contributed by atoms with Crippen LogP contribution in [-0.2, 0) is 11.3 Å². The number of hydrogen-bond acceptors (Lipinski definition) is 1. The highest BCUT2D eigenvalue weighted by Crippen LogP contribution is 2.65. The fourth-order valence-corrected chi connectivity index (χ4v) is 7.25. The zero-order chi connectivity index (χ0) is 15.2. The summed E-state index contributed by atoms with van der Waals surface area (Å²) in [6, 6.07) is 10.2. The van der Waals surface area contributed by atoms with Crippen molar-refractivity contribution in [3.05, 3.63) is 35.9 Å².